The number of dihydropyridines is 1. The van der Waals surface area contributed by atoms with E-state index in [1.54, 1.807) is 51.1 Å². The molecule has 2 aliphatic rings. The summed E-state index contributed by atoms with van der Waals surface area (Å²) in [6.07, 6.45) is 0.322. The smallest absolute Gasteiger partial charge is 0.336 e. The molecule has 1 aliphatic heterocycles. The van der Waals surface area contributed by atoms with Crippen molar-refractivity contribution in [2.75, 3.05) is 20.3 Å². The lowest BCUT2D eigenvalue weighted by molar-refractivity contribution is -0.385. The molecule has 3 unspecified atom stereocenters. The van der Waals surface area contributed by atoms with E-state index < -0.39 is 40.4 Å². The highest BCUT2D eigenvalue weighted by Crippen LogP contribution is 2.48. The van der Waals surface area contributed by atoms with Gasteiger partial charge in [-0.15, -0.1) is 0 Å². The van der Waals surface area contributed by atoms with Gasteiger partial charge in [0.1, 0.15) is 18.3 Å². The monoisotopic (exact) mass is 640 g/mol. The van der Waals surface area contributed by atoms with Crippen molar-refractivity contribution in [3.63, 3.8) is 0 Å². The molecular formula is C36H36N2O9. The van der Waals surface area contributed by atoms with E-state index in [-0.39, 0.29) is 42.4 Å². The predicted molar refractivity (Wildman–Crippen MR) is 172 cm³/mol. The van der Waals surface area contributed by atoms with Gasteiger partial charge in [-0.05, 0) is 56.5 Å². The molecule has 0 fully saturated rings. The third-order valence-electron chi connectivity index (χ3n) is 8.37. The molecule has 3 aromatic rings. The Kier molecular flexibility index (Phi) is 10.0. The van der Waals surface area contributed by atoms with Crippen molar-refractivity contribution in [1.29, 1.82) is 0 Å². The van der Waals surface area contributed by atoms with E-state index in [0.717, 1.165) is 5.56 Å². The van der Waals surface area contributed by atoms with E-state index >= 15 is 0 Å². The van der Waals surface area contributed by atoms with Crippen LogP contribution >= 0.6 is 0 Å². The standard InChI is InChI=1S/C36H36N2O9/c1-5-45-35(40)30-21(3)37-26-19-25(22-12-8-7-9-13-22)32(36(41)46-6-2)34(39)33(26)31(30)23-16-17-28(44-4)24(18-23)20-47-29-15-11-10-14-27(29)38(42)43/h7-18,25,31-32,37H,5-6,19-20H2,1-4H3. The number of hydrogen-bond acceptors (Lipinski definition) is 10. The Hall–Kier alpha value is -5.45. The number of benzene rings is 3. The number of nitrogens with zero attached hydrogens (tertiary/aromatic N) is 1. The fourth-order valence-electron chi connectivity index (χ4n) is 6.34. The second kappa shape index (κ2) is 14.3. The molecule has 244 valence electrons. The number of carbonyl (C=O) groups excluding carboxylic acids is 3. The summed E-state index contributed by atoms with van der Waals surface area (Å²) in [4.78, 5) is 52.6. The van der Waals surface area contributed by atoms with Gasteiger partial charge in [-0.2, -0.15) is 0 Å². The van der Waals surface area contributed by atoms with Crippen LogP contribution in [0.5, 0.6) is 11.5 Å². The van der Waals surface area contributed by atoms with Crippen LogP contribution in [0.2, 0.25) is 0 Å². The number of Topliss-reactive ketones (excluding diaryl/α,β-unsaturated/α-hetero) is 1. The first-order chi connectivity index (χ1) is 22.7. The molecule has 0 saturated carbocycles. The fraction of sp³-hybridized carbons (Fsp3) is 0.306. The first kappa shape index (κ1) is 32.9. The van der Waals surface area contributed by atoms with Crippen molar-refractivity contribution >= 4 is 23.4 Å². The van der Waals surface area contributed by atoms with Gasteiger partial charge < -0.3 is 24.3 Å². The average molecular weight is 641 g/mol. The molecular weight excluding hydrogens is 604 g/mol. The number of nitro benzene ring substituents is 1. The molecule has 3 atom stereocenters. The number of allylic oxidation sites excluding steroid dienone is 3. The average Bonchev–Trinajstić information content (AvgIpc) is 3.07. The van der Waals surface area contributed by atoms with Crippen LogP contribution in [0.3, 0.4) is 0 Å². The number of carbonyl (C=O) groups is 3. The van der Waals surface area contributed by atoms with Gasteiger partial charge in [0.2, 0.25) is 0 Å². The molecule has 0 amide bonds. The second-order valence-electron chi connectivity index (χ2n) is 11.1. The SMILES string of the molecule is CCOC(=O)C1=C(C)NC2=C(C(=O)C(C(=O)OCC)C(c3ccccc3)C2)C1c1ccc(OC)c(COc2ccccc2[N+](=O)[O-])c1. The van der Waals surface area contributed by atoms with Crippen molar-refractivity contribution < 1.29 is 38.3 Å². The lowest BCUT2D eigenvalue weighted by Gasteiger charge is -2.39. The third-order valence-corrected chi connectivity index (χ3v) is 8.37. The number of nitrogens with one attached hydrogen (secondary N) is 1. The highest BCUT2D eigenvalue weighted by molar-refractivity contribution is 6.13. The van der Waals surface area contributed by atoms with Crippen molar-refractivity contribution in [3.8, 4) is 11.5 Å². The largest absolute Gasteiger partial charge is 0.496 e. The number of ketones is 1. The summed E-state index contributed by atoms with van der Waals surface area (Å²) in [7, 11) is 1.49. The minimum Gasteiger partial charge on any atom is -0.496 e. The molecule has 0 spiro atoms. The molecule has 47 heavy (non-hydrogen) atoms. The third kappa shape index (κ3) is 6.60. The quantitative estimate of drug-likeness (QED) is 0.117. The van der Waals surface area contributed by atoms with Gasteiger partial charge >= 0.3 is 17.6 Å². The van der Waals surface area contributed by atoms with E-state index in [0.29, 0.717) is 34.7 Å². The Morgan fingerprint density at radius 3 is 2.32 bits per heavy atom. The first-order valence-corrected chi connectivity index (χ1v) is 15.4. The summed E-state index contributed by atoms with van der Waals surface area (Å²) in [6.45, 7) is 5.25. The van der Waals surface area contributed by atoms with Crippen LogP contribution in [-0.4, -0.2) is 43.0 Å². The molecule has 0 radical (unpaired) electrons. The zero-order valence-electron chi connectivity index (χ0n) is 26.6. The molecule has 0 bridgehead atoms. The van der Waals surface area contributed by atoms with Gasteiger partial charge in [0.15, 0.2) is 11.5 Å². The van der Waals surface area contributed by atoms with Gasteiger partial charge in [-0.1, -0.05) is 48.5 Å². The van der Waals surface area contributed by atoms with Gasteiger partial charge in [0.25, 0.3) is 0 Å². The maximum absolute atomic E-state index is 14.6. The normalized spacial score (nSPS) is 19.0. The molecule has 11 heteroatoms. The van der Waals surface area contributed by atoms with Gasteiger partial charge in [0.05, 0.1) is 30.8 Å². The second-order valence-corrected chi connectivity index (χ2v) is 11.1. The lowest BCUT2D eigenvalue weighted by Crippen LogP contribution is -2.43. The zero-order valence-corrected chi connectivity index (χ0v) is 26.6. The lowest BCUT2D eigenvalue weighted by atomic mass is 9.67. The minimum absolute atomic E-state index is 0.0754. The molecule has 11 nitrogen and oxygen atoms in total. The van der Waals surface area contributed by atoms with Gasteiger partial charge in [-0.25, -0.2) is 4.79 Å². The van der Waals surface area contributed by atoms with Crippen LogP contribution in [0.25, 0.3) is 0 Å². The summed E-state index contributed by atoms with van der Waals surface area (Å²) in [5.74, 6) is -3.69. The first-order valence-electron chi connectivity index (χ1n) is 15.4. The number of methoxy groups -OCH3 is 1. The van der Waals surface area contributed by atoms with E-state index in [2.05, 4.69) is 5.32 Å². The Labute approximate surface area is 272 Å². The number of para-hydroxylation sites is 2. The van der Waals surface area contributed by atoms with Crippen molar-refractivity contribution in [2.45, 2.75) is 45.6 Å². The molecule has 1 aliphatic carbocycles. The Morgan fingerprint density at radius 2 is 1.64 bits per heavy atom. The highest BCUT2D eigenvalue weighted by Gasteiger charge is 2.49. The molecule has 0 saturated heterocycles. The van der Waals surface area contributed by atoms with E-state index in [1.807, 2.05) is 30.3 Å². The topological polar surface area (TPSA) is 143 Å². The maximum Gasteiger partial charge on any atom is 0.336 e. The number of nitro groups is 1. The molecule has 1 N–H and O–H groups in total. The van der Waals surface area contributed by atoms with E-state index in [4.69, 9.17) is 18.9 Å². The van der Waals surface area contributed by atoms with Crippen LogP contribution in [0, 0.1) is 16.0 Å². The molecule has 5 rings (SSSR count). The number of hydrogen-bond donors (Lipinski definition) is 1. The highest BCUT2D eigenvalue weighted by atomic mass is 16.6. The summed E-state index contributed by atoms with van der Waals surface area (Å²) in [5, 5.41) is 14.9. The van der Waals surface area contributed by atoms with Crippen LogP contribution in [0.4, 0.5) is 5.69 Å². The Morgan fingerprint density at radius 1 is 0.936 bits per heavy atom. The summed E-state index contributed by atoms with van der Waals surface area (Å²) >= 11 is 0. The predicted octanol–water partition coefficient (Wildman–Crippen LogP) is 5.90. The maximum atomic E-state index is 14.6. The van der Waals surface area contributed by atoms with Gasteiger partial charge in [-0.3, -0.25) is 19.7 Å². The summed E-state index contributed by atoms with van der Waals surface area (Å²) in [6, 6.07) is 20.6. The minimum atomic E-state index is -1.14. The summed E-state index contributed by atoms with van der Waals surface area (Å²) in [5.41, 5.74) is 3.35. The van der Waals surface area contributed by atoms with Crippen molar-refractivity contribution in [3.05, 3.63) is 122 Å². The fourth-order valence-corrected chi connectivity index (χ4v) is 6.34. The van der Waals surface area contributed by atoms with Crippen LogP contribution in [-0.2, 0) is 30.5 Å². The summed E-state index contributed by atoms with van der Waals surface area (Å²) < 4.78 is 22.4. The molecule has 1 heterocycles. The Bertz CT molecular complexity index is 1760. The Balaban J connectivity index is 1.64. The van der Waals surface area contributed by atoms with Crippen LogP contribution < -0.4 is 14.8 Å². The zero-order chi connectivity index (χ0) is 33.7. The van der Waals surface area contributed by atoms with Crippen LogP contribution in [0.15, 0.2) is 95.3 Å². The number of ether oxygens (including phenoxy) is 4. The van der Waals surface area contributed by atoms with Crippen molar-refractivity contribution in [1.82, 2.24) is 5.32 Å². The molecule has 3 aromatic carbocycles. The van der Waals surface area contributed by atoms with E-state index in [1.165, 1.54) is 19.2 Å². The molecule has 0 aromatic heterocycles. The van der Waals surface area contributed by atoms with E-state index in [9.17, 15) is 24.5 Å². The number of esters is 2. The van der Waals surface area contributed by atoms with Gasteiger partial charge in [0, 0.05) is 40.4 Å². The number of rotatable bonds is 11. The van der Waals surface area contributed by atoms with Crippen molar-refractivity contribution in [2.24, 2.45) is 5.92 Å². The van der Waals surface area contributed by atoms with Crippen LogP contribution in [0.1, 0.15) is 55.7 Å².